The molecule has 0 aliphatic heterocycles. The number of benzene rings is 1. The van der Waals surface area contributed by atoms with Gasteiger partial charge in [0.05, 0.1) is 6.42 Å². The average Bonchev–Trinajstić information content (AvgIpc) is 3.25. The molecule has 0 N–H and O–H groups in total. The fraction of sp³-hybridized carbons (Fsp3) is 0.208. The highest BCUT2D eigenvalue weighted by molar-refractivity contribution is 6.07. The highest BCUT2D eigenvalue weighted by Crippen LogP contribution is 2.30. The molecule has 2 aromatic rings. The van der Waals surface area contributed by atoms with E-state index in [1.54, 1.807) is 42.6 Å². The second-order valence-corrected chi connectivity index (χ2v) is 6.84. The van der Waals surface area contributed by atoms with Gasteiger partial charge in [-0.15, -0.1) is 0 Å². The molecule has 1 aromatic heterocycles. The predicted molar refractivity (Wildman–Crippen MR) is 110 cm³/mol. The largest absolute Gasteiger partial charge is 0.426 e. The van der Waals surface area contributed by atoms with Crippen molar-refractivity contribution in [3.63, 3.8) is 0 Å². The van der Waals surface area contributed by atoms with E-state index in [9.17, 15) is 9.59 Å². The standard InChI is InChI=1S/C24H20N2O3/c27-23(29-21-13-7-11-18-10-6-12-20(18)21)15-17-26(22-14-4-5-16-25-22)24(28)19-8-2-1-3-9-19/h2,4-5,7-9,11,13-14,16H,6,10,12,15,17H2. The van der Waals surface area contributed by atoms with Crippen molar-refractivity contribution < 1.29 is 14.3 Å². The van der Waals surface area contributed by atoms with Crippen molar-refractivity contribution in [2.24, 2.45) is 0 Å². The summed E-state index contributed by atoms with van der Waals surface area (Å²) in [5, 5.41) is 0. The number of allylic oxidation sites excluding steroid dienone is 2. The minimum atomic E-state index is -0.369. The smallest absolute Gasteiger partial charge is 0.313 e. The van der Waals surface area contributed by atoms with Gasteiger partial charge in [-0.2, -0.15) is 0 Å². The van der Waals surface area contributed by atoms with Crippen LogP contribution in [0.15, 0.2) is 77.9 Å². The molecular formula is C24H20N2O3. The molecule has 0 radical (unpaired) electrons. The summed E-state index contributed by atoms with van der Waals surface area (Å²) in [6.07, 6.45) is 9.59. The van der Waals surface area contributed by atoms with Gasteiger partial charge < -0.3 is 4.74 Å². The number of esters is 1. The van der Waals surface area contributed by atoms with Crippen LogP contribution in [0.4, 0.5) is 5.82 Å². The van der Waals surface area contributed by atoms with Crippen molar-refractivity contribution in [1.29, 1.82) is 0 Å². The molecule has 29 heavy (non-hydrogen) atoms. The lowest BCUT2D eigenvalue weighted by atomic mass is 10.1. The zero-order valence-electron chi connectivity index (χ0n) is 15.9. The van der Waals surface area contributed by atoms with Crippen LogP contribution < -0.4 is 9.64 Å². The first kappa shape index (κ1) is 18.7. The van der Waals surface area contributed by atoms with Gasteiger partial charge in [-0.3, -0.25) is 14.5 Å². The summed E-state index contributed by atoms with van der Waals surface area (Å²) in [5.41, 5.74) is 8.39. The van der Waals surface area contributed by atoms with Crippen LogP contribution in [-0.4, -0.2) is 23.4 Å². The lowest BCUT2D eigenvalue weighted by Crippen LogP contribution is -2.35. The Morgan fingerprint density at radius 1 is 1.10 bits per heavy atom. The first-order chi connectivity index (χ1) is 14.2. The molecule has 0 atom stereocenters. The van der Waals surface area contributed by atoms with E-state index < -0.39 is 0 Å². The zero-order valence-corrected chi connectivity index (χ0v) is 15.9. The van der Waals surface area contributed by atoms with Crippen LogP contribution in [0.3, 0.4) is 0 Å². The molecule has 4 rings (SSSR count). The van der Waals surface area contributed by atoms with Crippen molar-refractivity contribution in [3.05, 3.63) is 89.0 Å². The van der Waals surface area contributed by atoms with Crippen molar-refractivity contribution in [1.82, 2.24) is 4.98 Å². The van der Waals surface area contributed by atoms with E-state index in [2.05, 4.69) is 22.5 Å². The number of aromatic nitrogens is 1. The van der Waals surface area contributed by atoms with Gasteiger partial charge in [0.15, 0.2) is 0 Å². The Labute approximate surface area is 169 Å². The van der Waals surface area contributed by atoms with Gasteiger partial charge in [0.1, 0.15) is 11.6 Å². The van der Waals surface area contributed by atoms with Crippen molar-refractivity contribution in [2.75, 3.05) is 11.4 Å². The fourth-order valence-electron chi connectivity index (χ4n) is 3.53. The highest BCUT2D eigenvalue weighted by atomic mass is 16.5. The number of anilines is 1. The number of nitrogens with zero attached hydrogens (tertiary/aromatic N) is 2. The number of amides is 1. The van der Waals surface area contributed by atoms with E-state index in [1.807, 2.05) is 12.1 Å². The van der Waals surface area contributed by atoms with Crippen molar-refractivity contribution >= 4 is 17.7 Å². The van der Waals surface area contributed by atoms with E-state index in [1.165, 1.54) is 10.5 Å². The van der Waals surface area contributed by atoms with Crippen LogP contribution in [0, 0.1) is 0 Å². The van der Waals surface area contributed by atoms with Crippen LogP contribution >= 0.6 is 0 Å². The SMILES string of the molecule is O=C(CCN(C(=O)C1=CC=C=C=C1)c1ccccn1)Oc1cccc2c1CCC2. The molecule has 0 spiro atoms. The summed E-state index contributed by atoms with van der Waals surface area (Å²) < 4.78 is 5.62. The third-order valence-electron chi connectivity index (χ3n) is 4.94. The monoisotopic (exact) mass is 384 g/mol. The number of carbonyl (C=O) groups excluding carboxylic acids is 2. The number of hydrogen-bond acceptors (Lipinski definition) is 4. The molecule has 0 saturated carbocycles. The second-order valence-electron chi connectivity index (χ2n) is 6.84. The third kappa shape index (κ3) is 4.27. The predicted octanol–water partition coefficient (Wildman–Crippen LogP) is 3.71. The number of ether oxygens (including phenoxy) is 1. The maximum atomic E-state index is 13.0. The van der Waals surface area contributed by atoms with E-state index in [0.717, 1.165) is 24.8 Å². The molecule has 1 heterocycles. The number of fused-ring (bicyclic) bond motifs is 1. The summed E-state index contributed by atoms with van der Waals surface area (Å²) in [7, 11) is 0. The topological polar surface area (TPSA) is 59.5 Å². The van der Waals surface area contributed by atoms with Crippen molar-refractivity contribution in [2.45, 2.75) is 25.7 Å². The molecule has 0 saturated heterocycles. The van der Waals surface area contributed by atoms with Gasteiger partial charge in [0, 0.05) is 24.4 Å². The molecule has 144 valence electrons. The minimum Gasteiger partial charge on any atom is -0.426 e. The maximum Gasteiger partial charge on any atom is 0.313 e. The molecule has 2 aliphatic carbocycles. The number of carbonyl (C=O) groups is 2. The molecule has 1 aromatic carbocycles. The van der Waals surface area contributed by atoms with Gasteiger partial charge in [-0.1, -0.05) is 29.7 Å². The minimum absolute atomic E-state index is 0.0641. The first-order valence-corrected chi connectivity index (χ1v) is 9.64. The summed E-state index contributed by atoms with van der Waals surface area (Å²) in [6.45, 7) is 0.169. The number of pyridine rings is 1. The van der Waals surface area contributed by atoms with E-state index in [-0.39, 0.29) is 24.8 Å². The summed E-state index contributed by atoms with van der Waals surface area (Å²) in [5.74, 6) is 0.502. The Hall–Kier alpha value is -3.65. The third-order valence-corrected chi connectivity index (χ3v) is 4.94. The van der Waals surface area contributed by atoms with Crippen LogP contribution in [0.25, 0.3) is 0 Å². The molecule has 5 heteroatoms. The van der Waals surface area contributed by atoms with Crippen LogP contribution in [0.1, 0.15) is 24.0 Å². The van der Waals surface area contributed by atoms with Crippen LogP contribution in [-0.2, 0) is 22.4 Å². The molecule has 1 amide bonds. The molecular weight excluding hydrogens is 364 g/mol. The van der Waals surface area contributed by atoms with Gasteiger partial charge in [-0.05, 0) is 60.7 Å². The van der Waals surface area contributed by atoms with Crippen molar-refractivity contribution in [3.8, 4) is 5.75 Å². The van der Waals surface area contributed by atoms with Gasteiger partial charge in [-0.25, -0.2) is 4.98 Å². The zero-order chi connectivity index (χ0) is 20.1. The normalized spacial score (nSPS) is 13.7. The Morgan fingerprint density at radius 2 is 2.03 bits per heavy atom. The van der Waals surface area contributed by atoms with Crippen LogP contribution in [0.5, 0.6) is 5.75 Å². The summed E-state index contributed by atoms with van der Waals surface area (Å²) in [6, 6.07) is 11.2. The molecule has 5 nitrogen and oxygen atoms in total. The Bertz CT molecular complexity index is 1070. The molecule has 0 bridgehead atoms. The Balaban J connectivity index is 1.47. The molecule has 0 fully saturated rings. The highest BCUT2D eigenvalue weighted by Gasteiger charge is 2.22. The fourth-order valence-corrected chi connectivity index (χ4v) is 3.53. The second kappa shape index (κ2) is 8.57. The Kier molecular flexibility index (Phi) is 5.53. The Morgan fingerprint density at radius 3 is 2.83 bits per heavy atom. The van der Waals surface area contributed by atoms with Gasteiger partial charge in [0.25, 0.3) is 5.91 Å². The number of hydrogen-bond donors (Lipinski definition) is 0. The number of aryl methyl sites for hydroxylation is 1. The van der Waals surface area contributed by atoms with E-state index in [0.29, 0.717) is 17.1 Å². The quantitative estimate of drug-likeness (QED) is 0.433. The first-order valence-electron chi connectivity index (χ1n) is 9.64. The maximum absolute atomic E-state index is 13.0. The summed E-state index contributed by atoms with van der Waals surface area (Å²) >= 11 is 0. The van der Waals surface area contributed by atoms with E-state index in [4.69, 9.17) is 4.74 Å². The van der Waals surface area contributed by atoms with E-state index >= 15 is 0 Å². The van der Waals surface area contributed by atoms with Gasteiger partial charge in [0.2, 0.25) is 0 Å². The lowest BCUT2D eigenvalue weighted by Gasteiger charge is -2.22. The molecule has 0 unspecified atom stereocenters. The summed E-state index contributed by atoms with van der Waals surface area (Å²) in [4.78, 5) is 31.2. The van der Waals surface area contributed by atoms with Crippen LogP contribution in [0.2, 0.25) is 0 Å². The lowest BCUT2D eigenvalue weighted by molar-refractivity contribution is -0.134. The number of rotatable bonds is 6. The van der Waals surface area contributed by atoms with Gasteiger partial charge >= 0.3 is 5.97 Å². The average molecular weight is 384 g/mol. The molecule has 2 aliphatic rings.